The molecular weight excluding hydrogens is 225 g/mol. The van der Waals surface area contributed by atoms with Crippen molar-refractivity contribution in [1.82, 2.24) is 5.32 Å². The van der Waals surface area contributed by atoms with Gasteiger partial charge in [-0.05, 0) is 55.6 Å². The van der Waals surface area contributed by atoms with Crippen LogP contribution in [-0.2, 0) is 6.42 Å². The van der Waals surface area contributed by atoms with Gasteiger partial charge in [-0.15, -0.1) is 0 Å². The Balaban J connectivity index is 2.48. The second kappa shape index (κ2) is 6.87. The van der Waals surface area contributed by atoms with Crippen LogP contribution in [-0.4, -0.2) is 13.1 Å². The summed E-state index contributed by atoms with van der Waals surface area (Å²) in [6.07, 6.45) is 1.85. The Kier molecular flexibility index (Phi) is 5.78. The SMILES string of the molecule is CCCNCC(C)Cc1cc(Cl)ccc1F. The van der Waals surface area contributed by atoms with Crippen LogP contribution in [0.5, 0.6) is 0 Å². The molecule has 0 aliphatic carbocycles. The highest BCUT2D eigenvalue weighted by Gasteiger charge is 2.08. The van der Waals surface area contributed by atoms with Crippen LogP contribution < -0.4 is 5.32 Å². The first-order valence-electron chi connectivity index (χ1n) is 5.78. The molecule has 0 saturated heterocycles. The van der Waals surface area contributed by atoms with Crippen molar-refractivity contribution in [2.75, 3.05) is 13.1 Å². The normalized spacial score (nSPS) is 12.8. The zero-order chi connectivity index (χ0) is 12.0. The number of benzene rings is 1. The van der Waals surface area contributed by atoms with Crippen LogP contribution in [0, 0.1) is 11.7 Å². The molecule has 3 heteroatoms. The number of nitrogens with one attached hydrogen (secondary N) is 1. The summed E-state index contributed by atoms with van der Waals surface area (Å²) in [5.74, 6) is 0.256. The molecule has 0 amide bonds. The molecule has 0 aromatic heterocycles. The van der Waals surface area contributed by atoms with Crippen molar-refractivity contribution in [2.45, 2.75) is 26.7 Å². The van der Waals surface area contributed by atoms with Gasteiger partial charge in [0.2, 0.25) is 0 Å². The van der Waals surface area contributed by atoms with Crippen molar-refractivity contribution in [3.05, 3.63) is 34.6 Å². The second-order valence-electron chi connectivity index (χ2n) is 4.25. The maximum atomic E-state index is 13.4. The minimum atomic E-state index is -0.160. The molecule has 0 bridgehead atoms. The Labute approximate surface area is 102 Å². The summed E-state index contributed by atoms with van der Waals surface area (Å²) in [5, 5.41) is 3.94. The maximum Gasteiger partial charge on any atom is 0.126 e. The minimum Gasteiger partial charge on any atom is -0.316 e. The fraction of sp³-hybridized carbons (Fsp3) is 0.538. The van der Waals surface area contributed by atoms with Gasteiger partial charge in [0.1, 0.15) is 5.82 Å². The highest BCUT2D eigenvalue weighted by atomic mass is 35.5. The summed E-state index contributed by atoms with van der Waals surface area (Å²) in [6, 6.07) is 4.73. The summed E-state index contributed by atoms with van der Waals surface area (Å²) in [7, 11) is 0. The van der Waals surface area contributed by atoms with Crippen molar-refractivity contribution in [3.8, 4) is 0 Å². The fourth-order valence-electron chi connectivity index (χ4n) is 1.67. The van der Waals surface area contributed by atoms with Crippen LogP contribution in [0.1, 0.15) is 25.8 Å². The van der Waals surface area contributed by atoms with Crippen LogP contribution in [0.3, 0.4) is 0 Å². The summed E-state index contributed by atoms with van der Waals surface area (Å²) in [5.41, 5.74) is 0.707. The van der Waals surface area contributed by atoms with E-state index in [9.17, 15) is 4.39 Å². The highest BCUT2D eigenvalue weighted by Crippen LogP contribution is 2.17. The lowest BCUT2D eigenvalue weighted by Crippen LogP contribution is -2.23. The van der Waals surface area contributed by atoms with Crippen molar-refractivity contribution in [2.24, 2.45) is 5.92 Å². The third-order valence-corrected chi connectivity index (χ3v) is 2.73. The number of hydrogen-bond donors (Lipinski definition) is 1. The van der Waals surface area contributed by atoms with Crippen LogP contribution in [0.25, 0.3) is 0 Å². The molecular formula is C13H19ClFN. The van der Waals surface area contributed by atoms with Gasteiger partial charge < -0.3 is 5.32 Å². The molecule has 16 heavy (non-hydrogen) atoms. The van der Waals surface area contributed by atoms with Crippen molar-refractivity contribution in [3.63, 3.8) is 0 Å². The van der Waals surface area contributed by atoms with E-state index in [-0.39, 0.29) is 5.82 Å². The van der Waals surface area contributed by atoms with Gasteiger partial charge in [-0.25, -0.2) is 4.39 Å². The molecule has 0 aliphatic heterocycles. The molecule has 1 atom stereocenters. The van der Waals surface area contributed by atoms with Crippen molar-refractivity contribution < 1.29 is 4.39 Å². The Hall–Kier alpha value is -0.600. The van der Waals surface area contributed by atoms with E-state index in [2.05, 4.69) is 19.2 Å². The molecule has 1 nitrogen and oxygen atoms in total. The molecule has 0 heterocycles. The topological polar surface area (TPSA) is 12.0 Å². The van der Waals surface area contributed by atoms with E-state index in [1.165, 1.54) is 6.07 Å². The van der Waals surface area contributed by atoms with Gasteiger partial charge in [-0.2, -0.15) is 0 Å². The molecule has 1 aromatic carbocycles. The van der Waals surface area contributed by atoms with Gasteiger partial charge in [0.05, 0.1) is 0 Å². The van der Waals surface area contributed by atoms with E-state index in [1.54, 1.807) is 12.1 Å². The molecule has 1 rings (SSSR count). The second-order valence-corrected chi connectivity index (χ2v) is 4.69. The minimum absolute atomic E-state index is 0.160. The zero-order valence-electron chi connectivity index (χ0n) is 9.89. The zero-order valence-corrected chi connectivity index (χ0v) is 10.6. The van der Waals surface area contributed by atoms with E-state index in [0.29, 0.717) is 16.5 Å². The van der Waals surface area contributed by atoms with Crippen LogP contribution in [0.15, 0.2) is 18.2 Å². The molecule has 1 aromatic rings. The summed E-state index contributed by atoms with van der Waals surface area (Å²) in [4.78, 5) is 0. The van der Waals surface area contributed by atoms with E-state index in [4.69, 9.17) is 11.6 Å². The monoisotopic (exact) mass is 243 g/mol. The Morgan fingerprint density at radius 2 is 2.19 bits per heavy atom. The quantitative estimate of drug-likeness (QED) is 0.752. The largest absolute Gasteiger partial charge is 0.316 e. The molecule has 90 valence electrons. The van der Waals surface area contributed by atoms with Crippen molar-refractivity contribution in [1.29, 1.82) is 0 Å². The first kappa shape index (κ1) is 13.5. The Bertz CT molecular complexity index is 328. The number of halogens is 2. The number of hydrogen-bond acceptors (Lipinski definition) is 1. The molecule has 1 N–H and O–H groups in total. The smallest absolute Gasteiger partial charge is 0.126 e. The van der Waals surface area contributed by atoms with E-state index < -0.39 is 0 Å². The lowest BCUT2D eigenvalue weighted by molar-refractivity contribution is 0.497. The predicted octanol–water partition coefficient (Wildman–Crippen LogP) is 3.66. The van der Waals surface area contributed by atoms with Gasteiger partial charge in [0, 0.05) is 5.02 Å². The lowest BCUT2D eigenvalue weighted by Gasteiger charge is -2.13. The Morgan fingerprint density at radius 1 is 1.44 bits per heavy atom. The Morgan fingerprint density at radius 3 is 2.88 bits per heavy atom. The van der Waals surface area contributed by atoms with Crippen LogP contribution in [0.4, 0.5) is 4.39 Å². The highest BCUT2D eigenvalue weighted by molar-refractivity contribution is 6.30. The van der Waals surface area contributed by atoms with Gasteiger partial charge in [0.25, 0.3) is 0 Å². The fourth-order valence-corrected chi connectivity index (χ4v) is 1.87. The van der Waals surface area contributed by atoms with Gasteiger partial charge in [0.15, 0.2) is 0 Å². The van der Waals surface area contributed by atoms with Gasteiger partial charge in [-0.3, -0.25) is 0 Å². The molecule has 0 saturated carbocycles. The standard InChI is InChI=1S/C13H19ClFN/c1-3-6-16-9-10(2)7-11-8-12(14)4-5-13(11)15/h4-5,8,10,16H,3,6-7,9H2,1-2H3. The first-order chi connectivity index (χ1) is 7.63. The van der Waals surface area contributed by atoms with Gasteiger partial charge >= 0.3 is 0 Å². The van der Waals surface area contributed by atoms with Crippen LogP contribution >= 0.6 is 11.6 Å². The molecule has 0 fully saturated rings. The van der Waals surface area contributed by atoms with E-state index >= 15 is 0 Å². The third-order valence-electron chi connectivity index (χ3n) is 2.50. The summed E-state index contributed by atoms with van der Waals surface area (Å²) in [6.45, 7) is 6.18. The van der Waals surface area contributed by atoms with Gasteiger partial charge in [-0.1, -0.05) is 25.4 Å². The predicted molar refractivity (Wildman–Crippen MR) is 67.4 cm³/mol. The maximum absolute atomic E-state index is 13.4. The average Bonchev–Trinajstić information content (AvgIpc) is 2.24. The summed E-state index contributed by atoms with van der Waals surface area (Å²) >= 11 is 5.84. The van der Waals surface area contributed by atoms with E-state index in [1.807, 2.05) is 0 Å². The summed E-state index contributed by atoms with van der Waals surface area (Å²) < 4.78 is 13.4. The third kappa shape index (κ3) is 4.50. The molecule has 0 spiro atoms. The molecule has 1 unspecified atom stereocenters. The van der Waals surface area contributed by atoms with Crippen LogP contribution in [0.2, 0.25) is 5.02 Å². The molecule has 0 aliphatic rings. The van der Waals surface area contributed by atoms with E-state index in [0.717, 1.165) is 25.9 Å². The number of rotatable bonds is 6. The van der Waals surface area contributed by atoms with Crippen molar-refractivity contribution >= 4 is 11.6 Å². The molecule has 0 radical (unpaired) electrons. The lowest BCUT2D eigenvalue weighted by atomic mass is 10.0. The first-order valence-corrected chi connectivity index (χ1v) is 6.16. The average molecular weight is 244 g/mol.